The average molecular weight is 373 g/mol. The van der Waals surface area contributed by atoms with Gasteiger partial charge in [-0.2, -0.15) is 0 Å². The number of ether oxygens (including phenoxy) is 1. The molecule has 110 valence electrons. The maximum Gasteiger partial charge on any atom is 0.147 e. The van der Waals surface area contributed by atoms with Crippen molar-refractivity contribution in [1.29, 1.82) is 0 Å². The first-order chi connectivity index (χ1) is 9.92. The standard InChI is InChI=1S/C14H11BrF2N2OS/c1-20-7-2-3-8(14(18)21)12(4-7)19-13-6-10(16)9(15)5-11(13)17/h2-6,19H,1H3,(H2,18,21). The highest BCUT2D eigenvalue weighted by Gasteiger charge is 2.12. The Bertz CT molecular complexity index is 710. The molecule has 3 nitrogen and oxygen atoms in total. The molecule has 0 radical (unpaired) electrons. The summed E-state index contributed by atoms with van der Waals surface area (Å²) in [4.78, 5) is 0.137. The third kappa shape index (κ3) is 3.48. The van der Waals surface area contributed by atoms with Crippen LogP contribution in [0.5, 0.6) is 5.75 Å². The van der Waals surface area contributed by atoms with E-state index in [-0.39, 0.29) is 15.1 Å². The van der Waals surface area contributed by atoms with Crippen LogP contribution >= 0.6 is 28.1 Å². The van der Waals surface area contributed by atoms with E-state index in [1.54, 1.807) is 18.2 Å². The number of nitrogens with one attached hydrogen (secondary N) is 1. The zero-order valence-electron chi connectivity index (χ0n) is 10.9. The number of thiocarbonyl (C=S) groups is 1. The Morgan fingerprint density at radius 2 is 1.90 bits per heavy atom. The molecule has 0 atom stereocenters. The van der Waals surface area contributed by atoms with Gasteiger partial charge in [0.25, 0.3) is 0 Å². The van der Waals surface area contributed by atoms with Crippen LogP contribution in [0.15, 0.2) is 34.8 Å². The van der Waals surface area contributed by atoms with Crippen LogP contribution in [0.4, 0.5) is 20.2 Å². The van der Waals surface area contributed by atoms with Gasteiger partial charge in [-0.1, -0.05) is 12.2 Å². The fourth-order valence-electron chi connectivity index (χ4n) is 1.73. The molecule has 2 rings (SSSR count). The molecule has 0 bridgehead atoms. The zero-order valence-corrected chi connectivity index (χ0v) is 13.3. The topological polar surface area (TPSA) is 47.3 Å². The Balaban J connectivity index is 2.47. The van der Waals surface area contributed by atoms with E-state index in [0.717, 1.165) is 12.1 Å². The lowest BCUT2D eigenvalue weighted by Crippen LogP contribution is -2.12. The number of halogens is 3. The fourth-order valence-corrected chi connectivity index (χ4v) is 2.23. The summed E-state index contributed by atoms with van der Waals surface area (Å²) in [6, 6.07) is 7.02. The van der Waals surface area contributed by atoms with Gasteiger partial charge in [0.1, 0.15) is 22.4 Å². The minimum atomic E-state index is -0.611. The molecule has 0 saturated carbocycles. The summed E-state index contributed by atoms with van der Waals surface area (Å²) in [5.74, 6) is -0.658. The van der Waals surface area contributed by atoms with Crippen LogP contribution in [0.3, 0.4) is 0 Å². The summed E-state index contributed by atoms with van der Waals surface area (Å²) in [5.41, 5.74) is 6.54. The van der Waals surface area contributed by atoms with E-state index in [2.05, 4.69) is 21.2 Å². The Morgan fingerprint density at radius 3 is 2.52 bits per heavy atom. The van der Waals surface area contributed by atoms with Crippen LogP contribution in [0, 0.1) is 11.6 Å². The van der Waals surface area contributed by atoms with Gasteiger partial charge < -0.3 is 15.8 Å². The van der Waals surface area contributed by atoms with Crippen LogP contribution in [0.2, 0.25) is 0 Å². The van der Waals surface area contributed by atoms with Crippen LogP contribution in [-0.4, -0.2) is 12.1 Å². The highest BCUT2D eigenvalue weighted by molar-refractivity contribution is 9.10. The van der Waals surface area contributed by atoms with E-state index >= 15 is 0 Å². The molecule has 0 aliphatic carbocycles. The molecule has 0 aliphatic heterocycles. The summed E-state index contributed by atoms with van der Waals surface area (Å²) in [5, 5.41) is 2.78. The zero-order chi connectivity index (χ0) is 15.6. The molecule has 0 saturated heterocycles. The maximum absolute atomic E-state index is 13.9. The number of anilines is 2. The van der Waals surface area contributed by atoms with E-state index in [1.807, 2.05) is 0 Å². The largest absolute Gasteiger partial charge is 0.497 e. The molecule has 0 spiro atoms. The van der Waals surface area contributed by atoms with Crippen molar-refractivity contribution in [3.63, 3.8) is 0 Å². The number of hydrogen-bond donors (Lipinski definition) is 2. The van der Waals surface area contributed by atoms with Crippen molar-refractivity contribution in [1.82, 2.24) is 0 Å². The van der Waals surface area contributed by atoms with Gasteiger partial charge in [0, 0.05) is 17.7 Å². The Kier molecular flexibility index (Phi) is 4.74. The predicted molar refractivity (Wildman–Crippen MR) is 86.2 cm³/mol. The SMILES string of the molecule is COc1ccc(C(N)=S)c(Nc2cc(F)c(Br)cc2F)c1. The molecular formula is C14H11BrF2N2OS. The molecule has 0 fully saturated rings. The second-order valence-corrected chi connectivity index (χ2v) is 5.44. The lowest BCUT2D eigenvalue weighted by molar-refractivity contribution is 0.415. The van der Waals surface area contributed by atoms with Crippen molar-refractivity contribution >= 4 is 44.5 Å². The molecule has 7 heteroatoms. The van der Waals surface area contributed by atoms with Gasteiger partial charge in [0.05, 0.1) is 23.0 Å². The van der Waals surface area contributed by atoms with Gasteiger partial charge in [-0.3, -0.25) is 0 Å². The monoisotopic (exact) mass is 372 g/mol. The molecule has 0 amide bonds. The molecule has 21 heavy (non-hydrogen) atoms. The average Bonchev–Trinajstić information content (AvgIpc) is 2.44. The van der Waals surface area contributed by atoms with Crippen molar-refractivity contribution in [2.75, 3.05) is 12.4 Å². The Labute approximate surface area is 134 Å². The first-order valence-corrected chi connectivity index (χ1v) is 7.02. The number of hydrogen-bond acceptors (Lipinski definition) is 3. The number of nitrogens with two attached hydrogens (primary N) is 1. The van der Waals surface area contributed by atoms with Crippen molar-refractivity contribution in [2.45, 2.75) is 0 Å². The van der Waals surface area contributed by atoms with Gasteiger partial charge in [-0.25, -0.2) is 8.78 Å². The normalized spacial score (nSPS) is 10.3. The molecule has 3 N–H and O–H groups in total. The Morgan fingerprint density at radius 1 is 1.19 bits per heavy atom. The Hall–Kier alpha value is -1.73. The van der Waals surface area contributed by atoms with E-state index in [9.17, 15) is 8.78 Å². The molecule has 0 aromatic heterocycles. The number of methoxy groups -OCH3 is 1. The summed E-state index contributed by atoms with van der Waals surface area (Å²) < 4.78 is 32.6. The van der Waals surface area contributed by atoms with Crippen molar-refractivity contribution in [3.8, 4) is 5.75 Å². The second-order valence-electron chi connectivity index (χ2n) is 4.15. The first kappa shape index (κ1) is 15.7. The summed E-state index contributed by atoms with van der Waals surface area (Å²) >= 11 is 7.87. The molecule has 0 aliphatic rings. The van der Waals surface area contributed by atoms with E-state index in [4.69, 9.17) is 22.7 Å². The van der Waals surface area contributed by atoms with Crippen LogP contribution < -0.4 is 15.8 Å². The lowest BCUT2D eigenvalue weighted by Gasteiger charge is -2.14. The third-order valence-electron chi connectivity index (χ3n) is 2.77. The predicted octanol–water partition coefficient (Wildman–Crippen LogP) is 4.11. The highest BCUT2D eigenvalue weighted by atomic mass is 79.9. The molecular weight excluding hydrogens is 362 g/mol. The van der Waals surface area contributed by atoms with Crippen LogP contribution in [0.1, 0.15) is 5.56 Å². The molecule has 0 heterocycles. The number of benzene rings is 2. The molecule has 2 aromatic carbocycles. The molecule has 2 aromatic rings. The second kappa shape index (κ2) is 6.36. The minimum absolute atomic E-state index is 0.0264. The summed E-state index contributed by atoms with van der Waals surface area (Å²) in [6.45, 7) is 0. The van der Waals surface area contributed by atoms with Crippen LogP contribution in [-0.2, 0) is 0 Å². The van der Waals surface area contributed by atoms with Crippen molar-refractivity contribution < 1.29 is 13.5 Å². The van der Waals surface area contributed by atoms with Crippen molar-refractivity contribution in [2.24, 2.45) is 5.73 Å². The quantitative estimate of drug-likeness (QED) is 0.626. The van der Waals surface area contributed by atoms with Crippen molar-refractivity contribution in [3.05, 3.63) is 52.0 Å². The van der Waals surface area contributed by atoms with Gasteiger partial charge >= 0.3 is 0 Å². The summed E-state index contributed by atoms with van der Waals surface area (Å²) in [7, 11) is 1.50. The smallest absolute Gasteiger partial charge is 0.147 e. The van der Waals surface area contributed by atoms with Gasteiger partial charge in [0.2, 0.25) is 0 Å². The minimum Gasteiger partial charge on any atom is -0.497 e. The fraction of sp³-hybridized carbons (Fsp3) is 0.0714. The van der Waals surface area contributed by atoms with Crippen LogP contribution in [0.25, 0.3) is 0 Å². The third-order valence-corrected chi connectivity index (χ3v) is 3.60. The van der Waals surface area contributed by atoms with E-state index < -0.39 is 11.6 Å². The maximum atomic E-state index is 13.9. The molecule has 0 unspecified atom stereocenters. The lowest BCUT2D eigenvalue weighted by atomic mass is 10.1. The van der Waals surface area contributed by atoms with Gasteiger partial charge in [-0.05, 0) is 34.1 Å². The van der Waals surface area contributed by atoms with Gasteiger partial charge in [0.15, 0.2) is 0 Å². The number of rotatable bonds is 4. The first-order valence-electron chi connectivity index (χ1n) is 5.81. The van der Waals surface area contributed by atoms with Gasteiger partial charge in [-0.15, -0.1) is 0 Å². The van der Waals surface area contributed by atoms with E-state index in [1.165, 1.54) is 7.11 Å². The van der Waals surface area contributed by atoms with E-state index in [0.29, 0.717) is 17.0 Å². The highest BCUT2D eigenvalue weighted by Crippen LogP contribution is 2.29. The summed E-state index contributed by atoms with van der Waals surface area (Å²) in [6.07, 6.45) is 0.